The molecular weight excluding hydrogens is 240 g/mol. The van der Waals surface area contributed by atoms with Crippen LogP contribution in [0, 0.1) is 5.92 Å². The Labute approximate surface area is 113 Å². The average Bonchev–Trinajstić information content (AvgIpc) is 2.39. The van der Waals surface area contributed by atoms with Gasteiger partial charge in [0.2, 0.25) is 0 Å². The third-order valence-electron chi connectivity index (χ3n) is 3.27. The van der Waals surface area contributed by atoms with E-state index in [1.807, 2.05) is 18.2 Å². The van der Waals surface area contributed by atoms with E-state index < -0.39 is 11.8 Å². The molecule has 2 rings (SSSR count). The van der Waals surface area contributed by atoms with Crippen LogP contribution < -0.4 is 5.32 Å². The van der Waals surface area contributed by atoms with Crippen molar-refractivity contribution in [2.45, 2.75) is 26.3 Å². The van der Waals surface area contributed by atoms with E-state index in [0.717, 1.165) is 6.42 Å². The van der Waals surface area contributed by atoms with Gasteiger partial charge in [0.15, 0.2) is 0 Å². The van der Waals surface area contributed by atoms with E-state index in [2.05, 4.69) is 31.3 Å². The lowest BCUT2D eigenvalue weighted by molar-refractivity contribution is -0.150. The van der Waals surface area contributed by atoms with Crippen LogP contribution >= 0.6 is 0 Å². The molecule has 0 saturated carbocycles. The molecule has 1 atom stereocenters. The van der Waals surface area contributed by atoms with Gasteiger partial charge in [-0.05, 0) is 17.9 Å². The number of carbonyl (C=O) groups excluding carboxylic acids is 2. The van der Waals surface area contributed by atoms with Crippen LogP contribution in [0.4, 0.5) is 0 Å². The molecule has 1 aliphatic heterocycles. The molecule has 1 aromatic carbocycles. The Bertz CT molecular complexity index is 456. The Hall–Kier alpha value is -1.84. The summed E-state index contributed by atoms with van der Waals surface area (Å²) in [5.74, 6) is -0.529. The molecule has 0 bridgehead atoms. The van der Waals surface area contributed by atoms with Gasteiger partial charge in [0.1, 0.15) is 0 Å². The molecule has 2 amide bonds. The number of benzene rings is 1. The van der Waals surface area contributed by atoms with Crippen LogP contribution in [0.2, 0.25) is 0 Å². The highest BCUT2D eigenvalue weighted by molar-refractivity contribution is 6.35. The van der Waals surface area contributed by atoms with Crippen molar-refractivity contribution in [2.24, 2.45) is 5.92 Å². The molecule has 4 nitrogen and oxygen atoms in total. The molecule has 4 heteroatoms. The fourth-order valence-electron chi connectivity index (χ4n) is 2.39. The lowest BCUT2D eigenvalue weighted by Gasteiger charge is -2.36. The smallest absolute Gasteiger partial charge is 0.312 e. The molecule has 1 saturated heterocycles. The summed E-state index contributed by atoms with van der Waals surface area (Å²) in [6, 6.07) is 10.1. The van der Waals surface area contributed by atoms with Crippen LogP contribution in [-0.2, 0) is 16.0 Å². The second-order valence-corrected chi connectivity index (χ2v) is 5.40. The van der Waals surface area contributed by atoms with E-state index in [4.69, 9.17) is 0 Å². The minimum absolute atomic E-state index is 0.0509. The first kappa shape index (κ1) is 13.6. The van der Waals surface area contributed by atoms with Gasteiger partial charge in [-0.3, -0.25) is 9.59 Å². The van der Waals surface area contributed by atoms with Gasteiger partial charge in [-0.2, -0.15) is 0 Å². The standard InChI is InChI=1S/C15H20N2O2/c1-11(2)10-17-13(9-16-14(18)15(17)19)8-12-6-4-3-5-7-12/h3-7,11,13H,8-10H2,1-2H3,(H,16,18)/t13-/m0/s1. The molecule has 1 N–H and O–H groups in total. The predicted octanol–water partition coefficient (Wildman–Crippen LogP) is 1.21. The second kappa shape index (κ2) is 5.87. The lowest BCUT2D eigenvalue weighted by atomic mass is 10.0. The fraction of sp³-hybridized carbons (Fsp3) is 0.467. The Morgan fingerprint density at radius 1 is 1.26 bits per heavy atom. The molecule has 0 aromatic heterocycles. The molecule has 0 radical (unpaired) electrons. The van der Waals surface area contributed by atoms with Gasteiger partial charge in [0, 0.05) is 13.1 Å². The van der Waals surface area contributed by atoms with Crippen molar-refractivity contribution in [3.8, 4) is 0 Å². The highest BCUT2D eigenvalue weighted by Crippen LogP contribution is 2.14. The maximum atomic E-state index is 12.0. The maximum Gasteiger partial charge on any atom is 0.312 e. The summed E-state index contributed by atoms with van der Waals surface area (Å²) >= 11 is 0. The van der Waals surface area contributed by atoms with E-state index in [9.17, 15) is 9.59 Å². The third kappa shape index (κ3) is 3.34. The van der Waals surface area contributed by atoms with Crippen molar-refractivity contribution < 1.29 is 9.59 Å². The zero-order valence-corrected chi connectivity index (χ0v) is 11.4. The number of carbonyl (C=O) groups is 2. The van der Waals surface area contributed by atoms with Crippen LogP contribution in [0.15, 0.2) is 30.3 Å². The first-order valence-corrected chi connectivity index (χ1v) is 6.70. The van der Waals surface area contributed by atoms with E-state index in [1.165, 1.54) is 5.56 Å². The van der Waals surface area contributed by atoms with Crippen LogP contribution in [0.3, 0.4) is 0 Å². The van der Waals surface area contributed by atoms with Gasteiger partial charge in [-0.1, -0.05) is 44.2 Å². The van der Waals surface area contributed by atoms with Crippen molar-refractivity contribution in [3.63, 3.8) is 0 Å². The van der Waals surface area contributed by atoms with Gasteiger partial charge in [-0.15, -0.1) is 0 Å². The second-order valence-electron chi connectivity index (χ2n) is 5.40. The number of piperazine rings is 1. The topological polar surface area (TPSA) is 49.4 Å². The zero-order chi connectivity index (χ0) is 13.8. The molecule has 0 aliphatic carbocycles. The Balaban J connectivity index is 2.12. The Morgan fingerprint density at radius 2 is 1.95 bits per heavy atom. The summed E-state index contributed by atoms with van der Waals surface area (Å²) in [7, 11) is 0. The predicted molar refractivity (Wildman–Crippen MR) is 73.5 cm³/mol. The maximum absolute atomic E-state index is 12.0. The quantitative estimate of drug-likeness (QED) is 0.827. The van der Waals surface area contributed by atoms with Crippen LogP contribution in [-0.4, -0.2) is 35.8 Å². The molecule has 1 fully saturated rings. The average molecular weight is 260 g/mol. The van der Waals surface area contributed by atoms with Crippen LogP contribution in [0.25, 0.3) is 0 Å². The first-order valence-electron chi connectivity index (χ1n) is 6.70. The van der Waals surface area contributed by atoms with Crippen LogP contribution in [0.5, 0.6) is 0 Å². The van der Waals surface area contributed by atoms with E-state index in [-0.39, 0.29) is 6.04 Å². The summed E-state index contributed by atoms with van der Waals surface area (Å²) in [5, 5.41) is 2.68. The Morgan fingerprint density at radius 3 is 2.58 bits per heavy atom. The number of amides is 2. The van der Waals surface area contributed by atoms with E-state index >= 15 is 0 Å². The van der Waals surface area contributed by atoms with Crippen molar-refractivity contribution in [3.05, 3.63) is 35.9 Å². The largest absolute Gasteiger partial charge is 0.346 e. The first-order chi connectivity index (χ1) is 9.08. The van der Waals surface area contributed by atoms with E-state index in [1.54, 1.807) is 4.90 Å². The highest BCUT2D eigenvalue weighted by Gasteiger charge is 2.33. The van der Waals surface area contributed by atoms with Crippen molar-refractivity contribution in [2.75, 3.05) is 13.1 Å². The lowest BCUT2D eigenvalue weighted by Crippen LogP contribution is -2.59. The summed E-state index contributed by atoms with van der Waals surface area (Å²) < 4.78 is 0. The number of rotatable bonds is 4. The molecule has 19 heavy (non-hydrogen) atoms. The number of hydrogen-bond acceptors (Lipinski definition) is 2. The highest BCUT2D eigenvalue weighted by atomic mass is 16.2. The molecule has 1 heterocycles. The minimum Gasteiger partial charge on any atom is -0.346 e. The van der Waals surface area contributed by atoms with Gasteiger partial charge in [-0.25, -0.2) is 0 Å². The van der Waals surface area contributed by atoms with Gasteiger partial charge >= 0.3 is 11.8 Å². The fourth-order valence-corrected chi connectivity index (χ4v) is 2.39. The summed E-state index contributed by atoms with van der Waals surface area (Å²) in [6.07, 6.45) is 0.777. The minimum atomic E-state index is -0.482. The van der Waals surface area contributed by atoms with Crippen molar-refractivity contribution >= 4 is 11.8 Å². The summed E-state index contributed by atoms with van der Waals surface area (Å²) in [4.78, 5) is 25.2. The molecular formula is C15H20N2O2. The van der Waals surface area contributed by atoms with Gasteiger partial charge in [0.05, 0.1) is 6.04 Å². The zero-order valence-electron chi connectivity index (χ0n) is 11.4. The van der Waals surface area contributed by atoms with Crippen molar-refractivity contribution in [1.29, 1.82) is 0 Å². The van der Waals surface area contributed by atoms with Gasteiger partial charge < -0.3 is 10.2 Å². The molecule has 1 aliphatic rings. The Kier molecular flexibility index (Phi) is 4.20. The third-order valence-corrected chi connectivity index (χ3v) is 3.27. The number of nitrogens with zero attached hydrogens (tertiary/aromatic N) is 1. The number of nitrogens with one attached hydrogen (secondary N) is 1. The van der Waals surface area contributed by atoms with Gasteiger partial charge in [0.25, 0.3) is 0 Å². The summed E-state index contributed by atoms with van der Waals surface area (Å²) in [5.41, 5.74) is 1.19. The number of hydrogen-bond donors (Lipinski definition) is 1. The van der Waals surface area contributed by atoms with Crippen molar-refractivity contribution in [1.82, 2.24) is 10.2 Å². The normalized spacial score (nSPS) is 19.7. The molecule has 0 spiro atoms. The van der Waals surface area contributed by atoms with Crippen LogP contribution in [0.1, 0.15) is 19.4 Å². The summed E-state index contributed by atoms with van der Waals surface area (Å²) in [6.45, 7) is 5.27. The molecule has 0 unspecified atom stereocenters. The molecule has 102 valence electrons. The SMILES string of the molecule is CC(C)CN1C(=O)C(=O)NC[C@@H]1Cc1ccccc1. The monoisotopic (exact) mass is 260 g/mol. The molecule has 1 aromatic rings. The van der Waals surface area contributed by atoms with E-state index in [0.29, 0.717) is 19.0 Å².